The third kappa shape index (κ3) is 5.31. The second-order valence-electron chi connectivity index (χ2n) is 7.74. The summed E-state index contributed by atoms with van der Waals surface area (Å²) in [4.78, 5) is 53.8. The van der Waals surface area contributed by atoms with Crippen molar-refractivity contribution in [3.05, 3.63) is 32.6 Å². The Kier molecular flexibility index (Phi) is 6.66. The Hall–Kier alpha value is -2.42. The largest absolute Gasteiger partial charge is 0.376 e. The van der Waals surface area contributed by atoms with Crippen molar-refractivity contribution in [2.24, 2.45) is 5.92 Å². The molecular formula is C19H28N4O5. The normalized spacial score (nSPS) is 24.7. The molecule has 9 nitrogen and oxygen atoms in total. The van der Waals surface area contributed by atoms with Crippen molar-refractivity contribution in [3.8, 4) is 0 Å². The van der Waals surface area contributed by atoms with Crippen LogP contribution in [0.2, 0.25) is 0 Å². The van der Waals surface area contributed by atoms with Crippen LogP contribution in [0.1, 0.15) is 44.1 Å². The molecule has 1 aliphatic carbocycles. The minimum Gasteiger partial charge on any atom is -0.376 e. The Morgan fingerprint density at radius 1 is 1.21 bits per heavy atom. The maximum Gasteiger partial charge on any atom is 0.325 e. The number of H-pyrrole nitrogens is 2. The lowest BCUT2D eigenvalue weighted by Crippen LogP contribution is -2.43. The standard InChI is InChI=1S/C19H28N4O5/c1-23(11-15-3-2-8-28-15)18(26)12-4-6-14(7-5-12)21-16(24)9-13-10-20-19(27)22-17(13)25/h10,12,14-15H,2-9,11H2,1H3,(H,21,24)(H2,20,22,25,27). The van der Waals surface area contributed by atoms with Crippen LogP contribution in [-0.4, -0.2) is 59.0 Å². The summed E-state index contributed by atoms with van der Waals surface area (Å²) in [5, 5.41) is 2.93. The number of hydrogen-bond donors (Lipinski definition) is 3. The van der Waals surface area contributed by atoms with Gasteiger partial charge in [-0.1, -0.05) is 0 Å². The van der Waals surface area contributed by atoms with Crippen molar-refractivity contribution in [2.75, 3.05) is 20.2 Å². The van der Waals surface area contributed by atoms with Crippen LogP contribution in [0.3, 0.4) is 0 Å². The van der Waals surface area contributed by atoms with Crippen LogP contribution in [0.25, 0.3) is 0 Å². The molecule has 0 aromatic carbocycles. The molecule has 1 saturated heterocycles. The monoisotopic (exact) mass is 392 g/mol. The number of carbonyl (C=O) groups excluding carboxylic acids is 2. The average molecular weight is 392 g/mol. The maximum absolute atomic E-state index is 12.6. The molecule has 1 aliphatic heterocycles. The highest BCUT2D eigenvalue weighted by Crippen LogP contribution is 2.26. The number of ether oxygens (including phenoxy) is 1. The molecule has 1 aromatic heterocycles. The molecule has 3 rings (SSSR count). The molecule has 9 heteroatoms. The van der Waals surface area contributed by atoms with E-state index in [1.165, 1.54) is 6.20 Å². The quantitative estimate of drug-likeness (QED) is 0.624. The summed E-state index contributed by atoms with van der Waals surface area (Å²) >= 11 is 0. The lowest BCUT2D eigenvalue weighted by molar-refractivity contribution is -0.136. The van der Waals surface area contributed by atoms with Gasteiger partial charge in [-0.05, 0) is 38.5 Å². The summed E-state index contributed by atoms with van der Waals surface area (Å²) in [5.74, 6) is -0.121. The van der Waals surface area contributed by atoms with Crippen LogP contribution in [-0.2, 0) is 20.7 Å². The van der Waals surface area contributed by atoms with Gasteiger partial charge in [0.1, 0.15) is 0 Å². The van der Waals surface area contributed by atoms with E-state index in [9.17, 15) is 19.2 Å². The molecule has 1 saturated carbocycles. The predicted molar refractivity (Wildman–Crippen MR) is 102 cm³/mol. The molecule has 0 radical (unpaired) electrons. The van der Waals surface area contributed by atoms with E-state index >= 15 is 0 Å². The number of nitrogens with one attached hydrogen (secondary N) is 3. The van der Waals surface area contributed by atoms with E-state index in [2.05, 4.69) is 15.3 Å². The van der Waals surface area contributed by atoms with E-state index < -0.39 is 11.2 Å². The Labute approximate surface area is 162 Å². The molecule has 0 bridgehead atoms. The molecule has 28 heavy (non-hydrogen) atoms. The van der Waals surface area contributed by atoms with Gasteiger partial charge in [0.25, 0.3) is 5.56 Å². The third-order valence-electron chi connectivity index (χ3n) is 5.57. The second-order valence-corrected chi connectivity index (χ2v) is 7.74. The number of likely N-dealkylation sites (N-methyl/N-ethyl adjacent to an activating group) is 1. The van der Waals surface area contributed by atoms with E-state index in [0.29, 0.717) is 6.54 Å². The van der Waals surface area contributed by atoms with Gasteiger partial charge in [0, 0.05) is 43.9 Å². The summed E-state index contributed by atoms with van der Waals surface area (Å²) in [7, 11) is 1.83. The van der Waals surface area contributed by atoms with Gasteiger partial charge in [-0.2, -0.15) is 0 Å². The highest BCUT2D eigenvalue weighted by molar-refractivity contribution is 5.79. The lowest BCUT2D eigenvalue weighted by atomic mass is 9.85. The zero-order valence-corrected chi connectivity index (χ0v) is 16.2. The molecule has 2 aliphatic rings. The van der Waals surface area contributed by atoms with E-state index in [1.54, 1.807) is 4.90 Å². The molecule has 2 fully saturated rings. The summed E-state index contributed by atoms with van der Waals surface area (Å²) in [5.41, 5.74) is -0.930. The number of amides is 2. The number of aromatic amines is 2. The van der Waals surface area contributed by atoms with Crippen LogP contribution in [0, 0.1) is 5.92 Å². The Balaban J connectivity index is 1.43. The Morgan fingerprint density at radius 3 is 2.61 bits per heavy atom. The maximum atomic E-state index is 12.6. The zero-order valence-electron chi connectivity index (χ0n) is 16.2. The molecule has 0 spiro atoms. The van der Waals surface area contributed by atoms with Crippen molar-refractivity contribution in [1.82, 2.24) is 20.2 Å². The van der Waals surface area contributed by atoms with Gasteiger partial charge in [-0.15, -0.1) is 0 Å². The smallest absolute Gasteiger partial charge is 0.325 e. The minimum atomic E-state index is -0.596. The Bertz CT molecular complexity index is 803. The molecular weight excluding hydrogens is 364 g/mol. The summed E-state index contributed by atoms with van der Waals surface area (Å²) in [6.45, 7) is 1.42. The zero-order chi connectivity index (χ0) is 20.1. The van der Waals surface area contributed by atoms with Gasteiger partial charge in [0.05, 0.1) is 12.5 Å². The van der Waals surface area contributed by atoms with Gasteiger partial charge in [-0.3, -0.25) is 19.4 Å². The van der Waals surface area contributed by atoms with Gasteiger partial charge in [0.2, 0.25) is 11.8 Å². The predicted octanol–water partition coefficient (Wildman–Crippen LogP) is -0.0819. The number of hydrogen-bond acceptors (Lipinski definition) is 5. The molecule has 2 amide bonds. The fraction of sp³-hybridized carbons (Fsp3) is 0.684. The van der Waals surface area contributed by atoms with E-state index in [1.807, 2.05) is 7.05 Å². The van der Waals surface area contributed by atoms with Gasteiger partial charge < -0.3 is 19.9 Å². The second kappa shape index (κ2) is 9.18. The highest BCUT2D eigenvalue weighted by atomic mass is 16.5. The van der Waals surface area contributed by atoms with E-state index in [-0.39, 0.29) is 41.9 Å². The Morgan fingerprint density at radius 2 is 1.96 bits per heavy atom. The molecule has 154 valence electrons. The summed E-state index contributed by atoms with van der Waals surface area (Å²) < 4.78 is 5.60. The van der Waals surface area contributed by atoms with Crippen molar-refractivity contribution in [1.29, 1.82) is 0 Å². The molecule has 1 unspecified atom stereocenters. The highest BCUT2D eigenvalue weighted by Gasteiger charge is 2.30. The first-order valence-corrected chi connectivity index (χ1v) is 9.89. The summed E-state index contributed by atoms with van der Waals surface area (Å²) in [6, 6.07) is 0.00173. The topological polar surface area (TPSA) is 124 Å². The molecule has 3 N–H and O–H groups in total. The van der Waals surface area contributed by atoms with Crippen LogP contribution in [0.15, 0.2) is 15.8 Å². The summed E-state index contributed by atoms with van der Waals surface area (Å²) in [6.07, 6.45) is 6.33. The van der Waals surface area contributed by atoms with Crippen LogP contribution >= 0.6 is 0 Å². The lowest BCUT2D eigenvalue weighted by Gasteiger charge is -2.31. The fourth-order valence-corrected chi connectivity index (χ4v) is 4.00. The fourth-order valence-electron chi connectivity index (χ4n) is 4.00. The van der Waals surface area contributed by atoms with Gasteiger partial charge in [0.15, 0.2) is 0 Å². The van der Waals surface area contributed by atoms with Gasteiger partial charge in [-0.25, -0.2) is 4.79 Å². The van der Waals surface area contributed by atoms with Crippen LogP contribution in [0.4, 0.5) is 0 Å². The van der Waals surface area contributed by atoms with Crippen LogP contribution < -0.4 is 16.6 Å². The van der Waals surface area contributed by atoms with Crippen molar-refractivity contribution < 1.29 is 14.3 Å². The first-order valence-electron chi connectivity index (χ1n) is 9.89. The number of carbonyl (C=O) groups is 2. The van der Waals surface area contributed by atoms with Crippen molar-refractivity contribution >= 4 is 11.8 Å². The van der Waals surface area contributed by atoms with Crippen molar-refractivity contribution in [3.63, 3.8) is 0 Å². The average Bonchev–Trinajstić information content (AvgIpc) is 3.17. The number of rotatable bonds is 6. The minimum absolute atomic E-state index is 0.00173. The van der Waals surface area contributed by atoms with Gasteiger partial charge >= 0.3 is 5.69 Å². The van der Waals surface area contributed by atoms with Crippen LogP contribution in [0.5, 0.6) is 0 Å². The SMILES string of the molecule is CN(CC1CCCO1)C(=O)C1CCC(NC(=O)Cc2c[nH]c(=O)[nH]c2=O)CC1. The molecule has 1 aromatic rings. The van der Waals surface area contributed by atoms with E-state index in [0.717, 1.165) is 45.1 Å². The first-order chi connectivity index (χ1) is 13.4. The molecule has 2 heterocycles. The first kappa shape index (κ1) is 20.3. The molecule has 1 atom stereocenters. The number of nitrogens with zero attached hydrogens (tertiary/aromatic N) is 1. The van der Waals surface area contributed by atoms with Crippen molar-refractivity contribution in [2.45, 2.75) is 57.1 Å². The third-order valence-corrected chi connectivity index (χ3v) is 5.57. The number of aromatic nitrogens is 2. The van der Waals surface area contributed by atoms with E-state index in [4.69, 9.17) is 4.74 Å².